The van der Waals surface area contributed by atoms with E-state index in [1.54, 1.807) is 0 Å². The van der Waals surface area contributed by atoms with Gasteiger partial charge in [-0.3, -0.25) is 0 Å². The first kappa shape index (κ1) is 13.2. The zero-order chi connectivity index (χ0) is 14.2. The molecule has 0 aliphatic rings. The lowest BCUT2D eigenvalue weighted by Crippen LogP contribution is -2.13. The number of benzene rings is 1. The molecule has 0 bridgehead atoms. The number of aromatic nitrogens is 2. The van der Waals surface area contributed by atoms with Gasteiger partial charge in [-0.1, -0.05) is 0 Å². The maximum atomic E-state index is 13.5. The highest BCUT2D eigenvalue weighted by Gasteiger charge is 2.35. The lowest BCUT2D eigenvalue weighted by Gasteiger charge is -2.09. The molecule has 0 spiro atoms. The van der Waals surface area contributed by atoms with Gasteiger partial charge in [0.2, 0.25) is 5.82 Å². The average Bonchev–Trinajstić information content (AvgIpc) is 2.26. The van der Waals surface area contributed by atoms with Crippen LogP contribution in [0, 0.1) is 11.6 Å². The zero-order valence-corrected chi connectivity index (χ0v) is 9.17. The van der Waals surface area contributed by atoms with Gasteiger partial charge in [0, 0.05) is 17.7 Å². The summed E-state index contributed by atoms with van der Waals surface area (Å²) in [4.78, 5) is 6.21. The first-order valence-electron chi connectivity index (χ1n) is 4.94. The monoisotopic (exact) mass is 275 g/mol. The van der Waals surface area contributed by atoms with Crippen LogP contribution in [-0.4, -0.2) is 9.97 Å². The molecule has 1 aromatic heterocycles. The third-order valence-electron chi connectivity index (χ3n) is 2.21. The molecule has 0 saturated heterocycles. The second-order valence-corrected chi connectivity index (χ2v) is 3.62. The van der Waals surface area contributed by atoms with Crippen molar-refractivity contribution in [1.82, 2.24) is 9.97 Å². The van der Waals surface area contributed by atoms with E-state index in [0.717, 1.165) is 18.2 Å². The summed E-state index contributed by atoms with van der Waals surface area (Å²) in [6.45, 7) is 0. The van der Waals surface area contributed by atoms with Crippen LogP contribution in [0.2, 0.25) is 0 Å². The molecule has 0 radical (unpaired) electrons. The van der Waals surface area contributed by atoms with Gasteiger partial charge in [0.1, 0.15) is 17.5 Å². The van der Waals surface area contributed by atoms with Crippen LogP contribution in [0.5, 0.6) is 0 Å². The van der Waals surface area contributed by atoms with Crippen molar-refractivity contribution in [2.24, 2.45) is 0 Å². The van der Waals surface area contributed by atoms with Gasteiger partial charge in [0.15, 0.2) is 0 Å². The molecule has 0 amide bonds. The first-order valence-corrected chi connectivity index (χ1v) is 4.94. The molecule has 2 aromatic rings. The van der Waals surface area contributed by atoms with Crippen LogP contribution in [-0.2, 0) is 6.18 Å². The van der Waals surface area contributed by atoms with Crippen molar-refractivity contribution >= 4 is 5.82 Å². The number of alkyl halides is 3. The van der Waals surface area contributed by atoms with Gasteiger partial charge in [-0.15, -0.1) is 0 Å². The maximum Gasteiger partial charge on any atom is 0.451 e. The van der Waals surface area contributed by atoms with Crippen molar-refractivity contribution in [1.29, 1.82) is 0 Å². The Balaban J connectivity index is 2.59. The van der Waals surface area contributed by atoms with Gasteiger partial charge >= 0.3 is 6.18 Å². The molecular formula is C11H6F5N3. The summed E-state index contributed by atoms with van der Waals surface area (Å²) >= 11 is 0. The Morgan fingerprint density at radius 2 is 1.68 bits per heavy atom. The molecule has 0 atom stereocenters. The maximum absolute atomic E-state index is 13.5. The Kier molecular flexibility index (Phi) is 3.09. The fourth-order valence-electron chi connectivity index (χ4n) is 1.43. The van der Waals surface area contributed by atoms with E-state index in [1.807, 2.05) is 0 Å². The Hall–Kier alpha value is -2.25. The predicted octanol–water partition coefficient (Wildman–Crippen LogP) is 3.02. The van der Waals surface area contributed by atoms with Gasteiger partial charge < -0.3 is 5.73 Å². The van der Waals surface area contributed by atoms with Crippen molar-refractivity contribution < 1.29 is 22.0 Å². The summed E-state index contributed by atoms with van der Waals surface area (Å²) in [7, 11) is 0. The summed E-state index contributed by atoms with van der Waals surface area (Å²) in [6, 6.07) is 3.41. The molecule has 2 rings (SSSR count). The standard InChI is InChI=1S/C11H6F5N3/c12-5-1-2-6(7(13)3-5)8-4-9(17)19-10(18-8)11(14,15)16/h1-4H,(H2,17,18,19). The number of rotatable bonds is 1. The van der Waals surface area contributed by atoms with Crippen LogP contribution in [0.1, 0.15) is 5.82 Å². The van der Waals surface area contributed by atoms with Crippen LogP contribution in [0.25, 0.3) is 11.3 Å². The van der Waals surface area contributed by atoms with Crippen LogP contribution >= 0.6 is 0 Å². The van der Waals surface area contributed by atoms with E-state index in [-0.39, 0.29) is 11.3 Å². The minimum absolute atomic E-state index is 0.291. The molecule has 8 heteroatoms. The normalized spacial score (nSPS) is 11.6. The van der Waals surface area contributed by atoms with E-state index in [9.17, 15) is 22.0 Å². The minimum atomic E-state index is -4.80. The number of hydrogen-bond donors (Lipinski definition) is 1. The van der Waals surface area contributed by atoms with Crippen LogP contribution in [0.3, 0.4) is 0 Å². The van der Waals surface area contributed by atoms with Gasteiger partial charge in [0.25, 0.3) is 0 Å². The number of nitrogens with two attached hydrogens (primary N) is 1. The van der Waals surface area contributed by atoms with Crippen molar-refractivity contribution in [3.63, 3.8) is 0 Å². The predicted molar refractivity (Wildman–Crippen MR) is 56.8 cm³/mol. The topological polar surface area (TPSA) is 51.8 Å². The molecule has 1 aromatic carbocycles. The van der Waals surface area contributed by atoms with Crippen LogP contribution in [0.4, 0.5) is 27.8 Å². The number of nitrogens with zero attached hydrogens (tertiary/aromatic N) is 2. The molecule has 0 fully saturated rings. The van der Waals surface area contributed by atoms with E-state index in [0.29, 0.717) is 6.07 Å². The smallest absolute Gasteiger partial charge is 0.384 e. The number of hydrogen-bond acceptors (Lipinski definition) is 3. The molecule has 1 heterocycles. The fraction of sp³-hybridized carbons (Fsp3) is 0.0909. The highest BCUT2D eigenvalue weighted by molar-refractivity contribution is 5.62. The molecule has 0 saturated carbocycles. The van der Waals surface area contributed by atoms with Gasteiger partial charge in [0.05, 0.1) is 5.69 Å². The fourth-order valence-corrected chi connectivity index (χ4v) is 1.43. The number of nitrogen functional groups attached to an aromatic ring is 1. The second-order valence-electron chi connectivity index (χ2n) is 3.62. The van der Waals surface area contributed by atoms with E-state index >= 15 is 0 Å². The van der Waals surface area contributed by atoms with Gasteiger partial charge in [-0.25, -0.2) is 18.7 Å². The summed E-state index contributed by atoms with van der Waals surface area (Å²) < 4.78 is 63.7. The molecule has 0 aliphatic heterocycles. The lowest BCUT2D eigenvalue weighted by molar-refractivity contribution is -0.144. The molecule has 100 valence electrons. The largest absolute Gasteiger partial charge is 0.451 e. The molecular weight excluding hydrogens is 269 g/mol. The lowest BCUT2D eigenvalue weighted by atomic mass is 10.1. The van der Waals surface area contributed by atoms with E-state index in [2.05, 4.69) is 9.97 Å². The van der Waals surface area contributed by atoms with Gasteiger partial charge in [-0.2, -0.15) is 13.2 Å². The van der Waals surface area contributed by atoms with E-state index in [4.69, 9.17) is 5.73 Å². The summed E-state index contributed by atoms with van der Waals surface area (Å²) in [5.41, 5.74) is 4.57. The molecule has 2 N–H and O–H groups in total. The Morgan fingerprint density at radius 3 is 2.26 bits per heavy atom. The molecule has 0 aliphatic carbocycles. The molecule has 3 nitrogen and oxygen atoms in total. The Morgan fingerprint density at radius 1 is 1.00 bits per heavy atom. The SMILES string of the molecule is Nc1cc(-c2ccc(F)cc2F)nc(C(F)(F)F)n1. The number of anilines is 1. The van der Waals surface area contributed by atoms with E-state index in [1.165, 1.54) is 0 Å². The van der Waals surface area contributed by atoms with Gasteiger partial charge in [-0.05, 0) is 12.1 Å². The average molecular weight is 275 g/mol. The molecule has 0 unspecified atom stereocenters. The summed E-state index contributed by atoms with van der Waals surface area (Å²) in [5, 5.41) is 0. The zero-order valence-electron chi connectivity index (χ0n) is 9.17. The molecule has 19 heavy (non-hydrogen) atoms. The quantitative estimate of drug-likeness (QED) is 0.814. The Labute approximate surface area is 103 Å². The van der Waals surface area contributed by atoms with Crippen LogP contribution in [0.15, 0.2) is 24.3 Å². The van der Waals surface area contributed by atoms with Crippen molar-refractivity contribution in [3.05, 3.63) is 41.7 Å². The van der Waals surface area contributed by atoms with Crippen molar-refractivity contribution in [2.75, 3.05) is 5.73 Å². The summed E-state index contributed by atoms with van der Waals surface area (Å²) in [5.74, 6) is -3.82. The minimum Gasteiger partial charge on any atom is -0.384 e. The first-order chi connectivity index (χ1) is 8.77. The summed E-state index contributed by atoms with van der Waals surface area (Å²) in [6.07, 6.45) is -4.80. The highest BCUT2D eigenvalue weighted by atomic mass is 19.4. The second kappa shape index (κ2) is 4.45. The number of halogens is 5. The van der Waals surface area contributed by atoms with E-state index < -0.39 is 29.5 Å². The van der Waals surface area contributed by atoms with Crippen molar-refractivity contribution in [2.45, 2.75) is 6.18 Å². The van der Waals surface area contributed by atoms with Crippen LogP contribution < -0.4 is 5.73 Å². The highest BCUT2D eigenvalue weighted by Crippen LogP contribution is 2.30. The third kappa shape index (κ3) is 2.78. The Bertz CT molecular complexity index is 624. The third-order valence-corrected chi connectivity index (χ3v) is 2.21. The van der Waals surface area contributed by atoms with Crippen molar-refractivity contribution in [3.8, 4) is 11.3 Å².